The van der Waals surface area contributed by atoms with Gasteiger partial charge in [0.05, 0.1) is 20.3 Å². The molecule has 1 saturated heterocycles. The molecule has 0 saturated carbocycles. The van der Waals surface area contributed by atoms with Crippen LogP contribution < -0.4 is 10.1 Å². The summed E-state index contributed by atoms with van der Waals surface area (Å²) in [5.41, 5.74) is 1.04. The largest absolute Gasteiger partial charge is 0.497 e. The van der Waals surface area contributed by atoms with E-state index >= 15 is 0 Å². The average Bonchev–Trinajstić information content (AvgIpc) is 2.88. The number of hydrogen-bond donors (Lipinski definition) is 1. The summed E-state index contributed by atoms with van der Waals surface area (Å²) >= 11 is 0. The van der Waals surface area contributed by atoms with Crippen molar-refractivity contribution in [2.45, 2.75) is 25.9 Å². The van der Waals surface area contributed by atoms with Gasteiger partial charge in [-0.3, -0.25) is 10.1 Å². The number of unbranched alkanes of at least 4 members (excludes halogenated alkanes) is 1. The predicted octanol–water partition coefficient (Wildman–Crippen LogP) is 1.94. The fourth-order valence-electron chi connectivity index (χ4n) is 2.41. The summed E-state index contributed by atoms with van der Waals surface area (Å²) < 4.78 is 10.8. The van der Waals surface area contributed by atoms with Crippen LogP contribution in [0, 0.1) is 0 Å². The van der Waals surface area contributed by atoms with E-state index in [1.54, 1.807) is 7.11 Å². The summed E-state index contributed by atoms with van der Waals surface area (Å²) in [6.07, 6.45) is 2.09. The van der Waals surface area contributed by atoms with Crippen molar-refractivity contribution in [3.8, 4) is 5.75 Å². The van der Waals surface area contributed by atoms with E-state index in [2.05, 4.69) is 12.2 Å². The Morgan fingerprint density at radius 2 is 2.24 bits per heavy atom. The van der Waals surface area contributed by atoms with Gasteiger partial charge < -0.3 is 14.4 Å². The number of methoxy groups -OCH3 is 1. The lowest BCUT2D eigenvalue weighted by Gasteiger charge is -2.24. The van der Waals surface area contributed by atoms with E-state index in [1.807, 2.05) is 29.2 Å². The molecule has 1 atom stereocenters. The molecule has 0 spiro atoms. The van der Waals surface area contributed by atoms with Gasteiger partial charge in [0.2, 0.25) is 5.91 Å². The number of rotatable bonds is 8. The maximum Gasteiger partial charge on any atom is 0.238 e. The minimum Gasteiger partial charge on any atom is -0.497 e. The van der Waals surface area contributed by atoms with Gasteiger partial charge in [0.15, 0.2) is 0 Å². The van der Waals surface area contributed by atoms with Gasteiger partial charge in [0, 0.05) is 13.2 Å². The molecule has 5 heteroatoms. The molecule has 116 valence electrons. The number of hydrogen-bond acceptors (Lipinski definition) is 4. The van der Waals surface area contributed by atoms with Crippen molar-refractivity contribution in [3.63, 3.8) is 0 Å². The molecular formula is C16H24N2O3. The zero-order chi connectivity index (χ0) is 15.1. The highest BCUT2D eigenvalue weighted by molar-refractivity contribution is 5.81. The topological polar surface area (TPSA) is 50.8 Å². The maximum absolute atomic E-state index is 12.0. The Kier molecular flexibility index (Phi) is 6.02. The Morgan fingerprint density at radius 1 is 1.38 bits per heavy atom. The van der Waals surface area contributed by atoms with E-state index in [4.69, 9.17) is 9.47 Å². The molecule has 1 heterocycles. The molecule has 0 aromatic heterocycles. The number of nitrogens with zero attached hydrogens (tertiary/aromatic N) is 1. The van der Waals surface area contributed by atoms with Crippen LogP contribution in [0.5, 0.6) is 5.75 Å². The quantitative estimate of drug-likeness (QED) is 0.744. The van der Waals surface area contributed by atoms with Gasteiger partial charge >= 0.3 is 0 Å². The molecule has 1 aliphatic heterocycles. The van der Waals surface area contributed by atoms with Crippen molar-refractivity contribution in [1.82, 2.24) is 10.2 Å². The third-order valence-corrected chi connectivity index (χ3v) is 3.61. The fourth-order valence-corrected chi connectivity index (χ4v) is 2.41. The van der Waals surface area contributed by atoms with Crippen molar-refractivity contribution >= 4 is 5.91 Å². The molecule has 0 aliphatic carbocycles. The molecule has 1 unspecified atom stereocenters. The molecule has 1 aliphatic rings. The second kappa shape index (κ2) is 8.00. The molecule has 5 nitrogen and oxygen atoms in total. The lowest BCUT2D eigenvalue weighted by molar-refractivity contribution is -0.128. The highest BCUT2D eigenvalue weighted by Crippen LogP contribution is 2.25. The van der Waals surface area contributed by atoms with Crippen LogP contribution in [0.4, 0.5) is 0 Å². The second-order valence-electron chi connectivity index (χ2n) is 5.11. The summed E-state index contributed by atoms with van der Waals surface area (Å²) in [7, 11) is 1.64. The second-order valence-corrected chi connectivity index (χ2v) is 5.11. The van der Waals surface area contributed by atoms with Crippen molar-refractivity contribution in [2.75, 3.05) is 33.4 Å². The molecule has 1 amide bonds. The van der Waals surface area contributed by atoms with Crippen LogP contribution in [0.1, 0.15) is 31.5 Å². The van der Waals surface area contributed by atoms with Crippen LogP contribution in [0.15, 0.2) is 24.3 Å². The minimum atomic E-state index is -0.0950. The van der Waals surface area contributed by atoms with Gasteiger partial charge in [-0.2, -0.15) is 0 Å². The number of carbonyl (C=O) groups excluding carboxylic acids is 1. The van der Waals surface area contributed by atoms with Crippen molar-refractivity contribution in [2.24, 2.45) is 0 Å². The van der Waals surface area contributed by atoms with E-state index in [9.17, 15) is 4.79 Å². The summed E-state index contributed by atoms with van der Waals surface area (Å²) in [5.74, 6) is 0.912. The van der Waals surface area contributed by atoms with Crippen molar-refractivity contribution in [1.29, 1.82) is 0 Å². The Labute approximate surface area is 126 Å². The van der Waals surface area contributed by atoms with Crippen molar-refractivity contribution < 1.29 is 14.3 Å². The van der Waals surface area contributed by atoms with Crippen LogP contribution >= 0.6 is 0 Å². The molecule has 1 aromatic carbocycles. The zero-order valence-electron chi connectivity index (χ0n) is 12.8. The van der Waals surface area contributed by atoms with Crippen molar-refractivity contribution in [3.05, 3.63) is 29.8 Å². The van der Waals surface area contributed by atoms with Crippen LogP contribution in [-0.2, 0) is 9.53 Å². The smallest absolute Gasteiger partial charge is 0.238 e. The van der Waals surface area contributed by atoms with Gasteiger partial charge in [-0.05, 0) is 24.1 Å². The fraction of sp³-hybridized carbons (Fsp3) is 0.562. The molecule has 1 N–H and O–H groups in total. The maximum atomic E-state index is 12.0. The lowest BCUT2D eigenvalue weighted by atomic mass is 10.1. The standard InChI is InChI=1S/C16H24N2O3/c1-3-4-9-21-10-8-18-15(19)12-17-16(18)13-6-5-7-14(11-13)20-2/h5-7,11,16-17H,3-4,8-10,12H2,1-2H3. The van der Waals surface area contributed by atoms with Gasteiger partial charge in [-0.1, -0.05) is 25.5 Å². The van der Waals surface area contributed by atoms with Gasteiger partial charge in [0.1, 0.15) is 11.9 Å². The number of benzene rings is 1. The normalized spacial score (nSPS) is 18.3. The zero-order valence-corrected chi connectivity index (χ0v) is 12.8. The van der Waals surface area contributed by atoms with E-state index in [1.165, 1.54) is 0 Å². The summed E-state index contributed by atoms with van der Waals surface area (Å²) in [5, 5.41) is 3.24. The Hall–Kier alpha value is -1.59. The minimum absolute atomic E-state index is 0.0950. The van der Waals surface area contributed by atoms with Crippen LogP contribution in [0.3, 0.4) is 0 Å². The van der Waals surface area contributed by atoms with Gasteiger partial charge in [-0.15, -0.1) is 0 Å². The molecular weight excluding hydrogens is 268 g/mol. The first-order valence-corrected chi connectivity index (χ1v) is 7.50. The number of nitrogens with one attached hydrogen (secondary N) is 1. The van der Waals surface area contributed by atoms with Crippen LogP contribution in [-0.4, -0.2) is 44.2 Å². The lowest BCUT2D eigenvalue weighted by Crippen LogP contribution is -2.33. The molecule has 1 aromatic rings. The molecule has 0 bridgehead atoms. The molecule has 21 heavy (non-hydrogen) atoms. The molecule has 1 fully saturated rings. The monoisotopic (exact) mass is 292 g/mol. The number of ether oxygens (including phenoxy) is 2. The first-order chi connectivity index (χ1) is 10.3. The Morgan fingerprint density at radius 3 is 3.00 bits per heavy atom. The molecule has 0 radical (unpaired) electrons. The van der Waals surface area contributed by atoms with E-state index in [0.717, 1.165) is 30.8 Å². The summed E-state index contributed by atoms with van der Waals surface area (Å²) in [6, 6.07) is 7.80. The van der Waals surface area contributed by atoms with Crippen LogP contribution in [0.2, 0.25) is 0 Å². The van der Waals surface area contributed by atoms with E-state index in [-0.39, 0.29) is 12.1 Å². The SMILES string of the molecule is CCCCOCCN1C(=O)CNC1c1cccc(OC)c1. The van der Waals surface area contributed by atoms with E-state index in [0.29, 0.717) is 19.7 Å². The van der Waals surface area contributed by atoms with Gasteiger partial charge in [0.25, 0.3) is 0 Å². The highest BCUT2D eigenvalue weighted by Gasteiger charge is 2.31. The third-order valence-electron chi connectivity index (χ3n) is 3.61. The first kappa shape index (κ1) is 15.8. The first-order valence-electron chi connectivity index (χ1n) is 7.50. The number of carbonyl (C=O) groups is 1. The summed E-state index contributed by atoms with van der Waals surface area (Å²) in [4.78, 5) is 13.8. The predicted molar refractivity (Wildman–Crippen MR) is 81.2 cm³/mol. The third kappa shape index (κ3) is 4.19. The summed E-state index contributed by atoms with van der Waals surface area (Å²) in [6.45, 7) is 4.45. The molecule has 2 rings (SSSR count). The van der Waals surface area contributed by atoms with Gasteiger partial charge in [-0.25, -0.2) is 0 Å². The number of amides is 1. The van der Waals surface area contributed by atoms with E-state index < -0.39 is 0 Å². The average molecular weight is 292 g/mol. The van der Waals surface area contributed by atoms with Crippen LogP contribution in [0.25, 0.3) is 0 Å². The Balaban J connectivity index is 1.95. The highest BCUT2D eigenvalue weighted by atomic mass is 16.5. The Bertz CT molecular complexity index is 465.